The van der Waals surface area contributed by atoms with Gasteiger partial charge in [-0.3, -0.25) is 10.1 Å². The molecule has 0 bridgehead atoms. The molecule has 0 unspecified atom stereocenters. The van der Waals surface area contributed by atoms with Crippen LogP contribution in [0.25, 0.3) is 0 Å². The number of ether oxygens (including phenoxy) is 2. The number of aliphatic imine (C=N–C) groups is 1. The highest BCUT2D eigenvalue weighted by atomic mass is 19.1. The van der Waals surface area contributed by atoms with Crippen LogP contribution in [0.1, 0.15) is 6.92 Å². The molecule has 0 aromatic heterocycles. The lowest BCUT2D eigenvalue weighted by atomic mass is 10.2. The van der Waals surface area contributed by atoms with Gasteiger partial charge in [0.05, 0.1) is 24.7 Å². The zero-order chi connectivity index (χ0) is 14.4. The van der Waals surface area contributed by atoms with Crippen LogP contribution in [0.4, 0.5) is 15.8 Å². The molecule has 0 amide bonds. The van der Waals surface area contributed by atoms with Gasteiger partial charge in [-0.2, -0.15) is 0 Å². The molecule has 0 N–H and O–H groups in total. The summed E-state index contributed by atoms with van der Waals surface area (Å²) >= 11 is 0. The molecule has 1 rings (SSSR count). The second kappa shape index (κ2) is 6.43. The van der Waals surface area contributed by atoms with Crippen molar-refractivity contribution in [3.63, 3.8) is 0 Å². The average molecular weight is 270 g/mol. The van der Waals surface area contributed by atoms with Gasteiger partial charge in [0, 0.05) is 6.07 Å². The summed E-state index contributed by atoms with van der Waals surface area (Å²) in [6, 6.07) is 1.71. The summed E-state index contributed by atoms with van der Waals surface area (Å²) in [5.41, 5.74) is -0.768. The van der Waals surface area contributed by atoms with Gasteiger partial charge in [-0.1, -0.05) is 0 Å². The summed E-state index contributed by atoms with van der Waals surface area (Å²) < 4.78 is 22.6. The lowest BCUT2D eigenvalue weighted by molar-refractivity contribution is -0.384. The van der Waals surface area contributed by atoms with Crippen molar-refractivity contribution in [3.8, 4) is 5.75 Å². The third kappa shape index (κ3) is 3.73. The Morgan fingerprint density at radius 1 is 1.58 bits per heavy atom. The standard InChI is InChI=1S/C11H11FN2O5/c1-3-19-11(15)6-13-8-5-10(18-2)7(12)4-9(8)14(16)17/h4-6H,3H2,1-2H3/b13-6+. The molecule has 0 atom stereocenters. The average Bonchev–Trinajstić information content (AvgIpc) is 2.37. The Morgan fingerprint density at radius 2 is 2.26 bits per heavy atom. The third-order valence-corrected chi connectivity index (χ3v) is 2.04. The van der Waals surface area contributed by atoms with E-state index in [-0.39, 0.29) is 18.0 Å². The maximum atomic E-state index is 13.3. The van der Waals surface area contributed by atoms with Crippen molar-refractivity contribution < 1.29 is 23.6 Å². The van der Waals surface area contributed by atoms with Crippen LogP contribution < -0.4 is 4.74 Å². The fourth-order valence-corrected chi connectivity index (χ4v) is 1.24. The summed E-state index contributed by atoms with van der Waals surface area (Å²) in [6.07, 6.45) is 0.781. The Morgan fingerprint density at radius 3 is 2.79 bits per heavy atom. The fourth-order valence-electron chi connectivity index (χ4n) is 1.24. The van der Waals surface area contributed by atoms with E-state index in [2.05, 4.69) is 14.5 Å². The highest BCUT2D eigenvalue weighted by molar-refractivity contribution is 6.23. The van der Waals surface area contributed by atoms with Crippen LogP contribution in [-0.2, 0) is 9.53 Å². The molecule has 7 nitrogen and oxygen atoms in total. The fraction of sp³-hybridized carbons (Fsp3) is 0.273. The summed E-state index contributed by atoms with van der Waals surface area (Å²) in [5.74, 6) is -1.84. The van der Waals surface area contributed by atoms with Gasteiger partial charge in [0.1, 0.15) is 11.9 Å². The van der Waals surface area contributed by atoms with E-state index in [0.29, 0.717) is 6.07 Å². The van der Waals surface area contributed by atoms with Crippen molar-refractivity contribution in [3.05, 3.63) is 28.1 Å². The Kier molecular flexibility index (Phi) is 4.92. The minimum Gasteiger partial charge on any atom is -0.494 e. The highest BCUT2D eigenvalue weighted by Crippen LogP contribution is 2.33. The van der Waals surface area contributed by atoms with E-state index in [1.807, 2.05) is 0 Å². The van der Waals surface area contributed by atoms with E-state index >= 15 is 0 Å². The Labute approximate surface area is 107 Å². The molecule has 0 saturated carbocycles. The number of nitro benzene ring substituents is 1. The minimum atomic E-state index is -0.885. The van der Waals surface area contributed by atoms with Crippen LogP contribution in [0.3, 0.4) is 0 Å². The molecular formula is C11H11FN2O5. The van der Waals surface area contributed by atoms with E-state index in [9.17, 15) is 19.3 Å². The highest BCUT2D eigenvalue weighted by Gasteiger charge is 2.18. The van der Waals surface area contributed by atoms with Gasteiger partial charge in [-0.25, -0.2) is 14.2 Å². The molecule has 102 valence electrons. The number of carbonyl (C=O) groups is 1. The number of hydrogen-bond acceptors (Lipinski definition) is 6. The molecule has 0 fully saturated rings. The molecule has 0 aliphatic heterocycles. The van der Waals surface area contributed by atoms with Crippen molar-refractivity contribution in [2.24, 2.45) is 4.99 Å². The molecule has 0 saturated heterocycles. The number of halogens is 1. The van der Waals surface area contributed by atoms with Crippen LogP contribution in [0, 0.1) is 15.9 Å². The van der Waals surface area contributed by atoms with E-state index in [1.54, 1.807) is 6.92 Å². The molecule has 1 aromatic carbocycles. The predicted molar refractivity (Wildman–Crippen MR) is 64.4 cm³/mol. The van der Waals surface area contributed by atoms with Crippen LogP contribution in [0.15, 0.2) is 17.1 Å². The normalized spacial score (nSPS) is 10.5. The predicted octanol–water partition coefficient (Wildman–Crippen LogP) is 2.01. The Bertz CT molecular complexity index is 530. The molecule has 0 aliphatic rings. The second-order valence-electron chi connectivity index (χ2n) is 3.24. The number of nitrogens with zero attached hydrogens (tertiary/aromatic N) is 2. The first-order valence-corrected chi connectivity index (χ1v) is 5.22. The second-order valence-corrected chi connectivity index (χ2v) is 3.24. The first-order chi connectivity index (χ1) is 8.99. The maximum absolute atomic E-state index is 13.3. The first kappa shape index (κ1) is 14.6. The molecular weight excluding hydrogens is 259 g/mol. The van der Waals surface area contributed by atoms with Crippen LogP contribution in [-0.4, -0.2) is 30.8 Å². The first-order valence-electron chi connectivity index (χ1n) is 5.22. The number of nitro groups is 1. The summed E-state index contributed by atoms with van der Waals surface area (Å²) in [5, 5.41) is 10.8. The number of hydrogen-bond donors (Lipinski definition) is 0. The van der Waals surface area contributed by atoms with Crippen LogP contribution >= 0.6 is 0 Å². The van der Waals surface area contributed by atoms with Gasteiger partial charge in [-0.05, 0) is 6.92 Å². The molecule has 8 heteroatoms. The quantitative estimate of drug-likeness (QED) is 0.353. The molecule has 0 spiro atoms. The van der Waals surface area contributed by atoms with Gasteiger partial charge < -0.3 is 9.47 Å². The van der Waals surface area contributed by atoms with E-state index in [4.69, 9.17) is 0 Å². The number of methoxy groups -OCH3 is 1. The Hall–Kier alpha value is -2.51. The topological polar surface area (TPSA) is 91.0 Å². The summed E-state index contributed by atoms with van der Waals surface area (Å²) in [4.78, 5) is 24.6. The molecule has 1 aromatic rings. The van der Waals surface area contributed by atoms with E-state index < -0.39 is 22.4 Å². The monoisotopic (exact) mass is 270 g/mol. The SMILES string of the molecule is CCOC(=O)/C=N/c1cc(OC)c(F)cc1[N+](=O)[O-]. The van der Waals surface area contributed by atoms with Crippen molar-refractivity contribution in [1.29, 1.82) is 0 Å². The van der Waals surface area contributed by atoms with Gasteiger partial charge >= 0.3 is 5.97 Å². The minimum absolute atomic E-state index is 0.152. The van der Waals surface area contributed by atoms with E-state index in [1.165, 1.54) is 7.11 Å². The molecule has 0 radical (unpaired) electrons. The van der Waals surface area contributed by atoms with Crippen molar-refractivity contribution >= 4 is 23.6 Å². The van der Waals surface area contributed by atoms with E-state index in [0.717, 1.165) is 12.3 Å². The zero-order valence-corrected chi connectivity index (χ0v) is 10.3. The smallest absolute Gasteiger partial charge is 0.349 e. The van der Waals surface area contributed by atoms with Gasteiger partial charge in [0.25, 0.3) is 5.69 Å². The van der Waals surface area contributed by atoms with Gasteiger partial charge in [-0.15, -0.1) is 0 Å². The lowest BCUT2D eigenvalue weighted by Gasteiger charge is -2.03. The number of benzene rings is 1. The number of esters is 1. The van der Waals surface area contributed by atoms with Crippen molar-refractivity contribution in [2.75, 3.05) is 13.7 Å². The van der Waals surface area contributed by atoms with Gasteiger partial charge in [0.15, 0.2) is 11.6 Å². The molecule has 19 heavy (non-hydrogen) atoms. The number of carbonyl (C=O) groups excluding carboxylic acids is 1. The molecule has 0 aliphatic carbocycles. The summed E-state index contributed by atoms with van der Waals surface area (Å²) in [6.45, 7) is 1.76. The molecule has 0 heterocycles. The summed E-state index contributed by atoms with van der Waals surface area (Å²) in [7, 11) is 1.21. The van der Waals surface area contributed by atoms with Crippen molar-refractivity contribution in [1.82, 2.24) is 0 Å². The third-order valence-electron chi connectivity index (χ3n) is 2.04. The lowest BCUT2D eigenvalue weighted by Crippen LogP contribution is -2.04. The largest absolute Gasteiger partial charge is 0.494 e. The van der Waals surface area contributed by atoms with Crippen molar-refractivity contribution in [2.45, 2.75) is 6.92 Å². The van der Waals surface area contributed by atoms with Crippen LogP contribution in [0.5, 0.6) is 5.75 Å². The zero-order valence-electron chi connectivity index (χ0n) is 10.3. The Balaban J connectivity index is 3.17. The van der Waals surface area contributed by atoms with Gasteiger partial charge in [0.2, 0.25) is 0 Å². The number of rotatable bonds is 5. The maximum Gasteiger partial charge on any atom is 0.349 e. The van der Waals surface area contributed by atoms with Crippen LogP contribution in [0.2, 0.25) is 0 Å².